The molecule has 7 nitrogen and oxygen atoms in total. The van der Waals surface area contributed by atoms with Crippen LogP contribution in [0, 0.1) is 37.2 Å². The largest absolute Gasteiger partial charge is 0.337 e. The topological polar surface area (TPSA) is 83.6 Å². The van der Waals surface area contributed by atoms with Crippen molar-refractivity contribution in [3.63, 3.8) is 0 Å². The summed E-state index contributed by atoms with van der Waals surface area (Å²) in [5.74, 6) is -6.24. The van der Waals surface area contributed by atoms with Crippen LogP contribution in [0.25, 0.3) is 0 Å². The van der Waals surface area contributed by atoms with Gasteiger partial charge in [0.15, 0.2) is 17.5 Å². The number of halogens is 3. The first kappa shape index (κ1) is 27.7. The Labute approximate surface area is 213 Å². The van der Waals surface area contributed by atoms with Gasteiger partial charge in [-0.2, -0.15) is 0 Å². The van der Waals surface area contributed by atoms with Crippen LogP contribution in [0.2, 0.25) is 0 Å². The molecule has 0 aliphatic carbocycles. The molecular weight excluding hydrogens is 485 g/mol. The Kier molecular flexibility index (Phi) is 9.24. The van der Waals surface area contributed by atoms with Gasteiger partial charge in [-0.25, -0.2) is 23.6 Å². The molecular formula is C27H29F3N4O3. The molecule has 2 amide bonds. The minimum absolute atomic E-state index is 0.0151. The van der Waals surface area contributed by atoms with E-state index in [1.165, 1.54) is 11.1 Å². The first-order valence-electron chi connectivity index (χ1n) is 11.9. The third-order valence-electron chi connectivity index (χ3n) is 5.65. The molecule has 1 aliphatic rings. The minimum atomic E-state index is -1.70. The van der Waals surface area contributed by atoms with Crippen LogP contribution >= 0.6 is 0 Å². The lowest BCUT2D eigenvalue weighted by Crippen LogP contribution is -2.55. The van der Waals surface area contributed by atoms with Crippen LogP contribution < -0.4 is 10.8 Å². The molecule has 4 rings (SSSR count). The van der Waals surface area contributed by atoms with Gasteiger partial charge in [0.1, 0.15) is 5.82 Å². The zero-order valence-electron chi connectivity index (χ0n) is 21.1. The summed E-state index contributed by atoms with van der Waals surface area (Å²) < 4.78 is 42.7. The SMILES string of the molecule is CC.Cc1cnc(Nc2c(C(=O)N3CC(C(=O)NOCc4ccccc4)C3)cc(F)c(F)c2F)c(C)c1. The zero-order chi connectivity index (χ0) is 27.1. The molecule has 0 atom stereocenters. The minimum Gasteiger partial charge on any atom is -0.337 e. The first-order chi connectivity index (χ1) is 17.7. The third-order valence-corrected chi connectivity index (χ3v) is 5.65. The van der Waals surface area contributed by atoms with Gasteiger partial charge in [0.2, 0.25) is 5.91 Å². The summed E-state index contributed by atoms with van der Waals surface area (Å²) in [6.45, 7) is 7.74. The van der Waals surface area contributed by atoms with E-state index in [0.717, 1.165) is 11.1 Å². The Morgan fingerprint density at radius 2 is 1.73 bits per heavy atom. The molecule has 0 bridgehead atoms. The highest BCUT2D eigenvalue weighted by Gasteiger charge is 2.38. The zero-order valence-corrected chi connectivity index (χ0v) is 21.1. The lowest BCUT2D eigenvalue weighted by molar-refractivity contribution is -0.143. The highest BCUT2D eigenvalue weighted by atomic mass is 19.2. The van der Waals surface area contributed by atoms with Crippen LogP contribution in [0.4, 0.5) is 24.7 Å². The molecule has 2 N–H and O–H groups in total. The normalized spacial score (nSPS) is 12.8. The molecule has 2 aromatic carbocycles. The van der Waals surface area contributed by atoms with Crippen molar-refractivity contribution in [2.75, 3.05) is 18.4 Å². The molecule has 3 aromatic rings. The number of aryl methyl sites for hydroxylation is 2. The fourth-order valence-electron chi connectivity index (χ4n) is 3.68. The predicted molar refractivity (Wildman–Crippen MR) is 133 cm³/mol. The van der Waals surface area contributed by atoms with Crippen molar-refractivity contribution in [2.24, 2.45) is 5.92 Å². The Bertz CT molecular complexity index is 1270. The molecule has 37 heavy (non-hydrogen) atoms. The maximum Gasteiger partial charge on any atom is 0.256 e. The number of amides is 2. The predicted octanol–water partition coefficient (Wildman–Crippen LogP) is 5.21. The van der Waals surface area contributed by atoms with E-state index in [2.05, 4.69) is 15.8 Å². The van der Waals surface area contributed by atoms with E-state index in [4.69, 9.17) is 4.84 Å². The number of aromatic nitrogens is 1. The van der Waals surface area contributed by atoms with Gasteiger partial charge in [-0.05, 0) is 36.6 Å². The highest BCUT2D eigenvalue weighted by molar-refractivity contribution is 6.01. The summed E-state index contributed by atoms with van der Waals surface area (Å²) in [5.41, 5.74) is 3.78. The number of nitrogens with zero attached hydrogens (tertiary/aromatic N) is 2. The maximum absolute atomic E-state index is 14.7. The van der Waals surface area contributed by atoms with Crippen molar-refractivity contribution in [3.8, 4) is 0 Å². The Morgan fingerprint density at radius 1 is 1.05 bits per heavy atom. The van der Waals surface area contributed by atoms with Crippen molar-refractivity contribution in [1.29, 1.82) is 0 Å². The van der Waals surface area contributed by atoms with E-state index in [9.17, 15) is 22.8 Å². The summed E-state index contributed by atoms with van der Waals surface area (Å²) in [4.78, 5) is 35.9. The first-order valence-corrected chi connectivity index (χ1v) is 11.9. The summed E-state index contributed by atoms with van der Waals surface area (Å²) in [6.07, 6.45) is 1.52. The molecule has 196 valence electrons. The van der Waals surface area contributed by atoms with Crippen LogP contribution in [-0.4, -0.2) is 34.8 Å². The Balaban J connectivity index is 0.00000186. The Hall–Kier alpha value is -3.92. The monoisotopic (exact) mass is 514 g/mol. The number of hydrogen-bond donors (Lipinski definition) is 2. The number of hydrogen-bond acceptors (Lipinski definition) is 5. The second-order valence-corrected chi connectivity index (χ2v) is 8.36. The molecule has 0 unspecified atom stereocenters. The van der Waals surface area contributed by atoms with Gasteiger partial charge in [-0.1, -0.05) is 50.2 Å². The number of benzene rings is 2. The van der Waals surface area contributed by atoms with Crippen LogP contribution in [0.5, 0.6) is 0 Å². The number of carbonyl (C=O) groups is 2. The van der Waals surface area contributed by atoms with E-state index in [0.29, 0.717) is 11.6 Å². The molecule has 0 radical (unpaired) electrons. The smallest absolute Gasteiger partial charge is 0.256 e. The molecule has 1 aromatic heterocycles. The molecule has 10 heteroatoms. The average molecular weight is 515 g/mol. The highest BCUT2D eigenvalue weighted by Crippen LogP contribution is 2.31. The molecule has 1 aliphatic heterocycles. The fourth-order valence-corrected chi connectivity index (χ4v) is 3.68. The van der Waals surface area contributed by atoms with Crippen molar-refractivity contribution < 1.29 is 27.6 Å². The van der Waals surface area contributed by atoms with Gasteiger partial charge >= 0.3 is 0 Å². The fraction of sp³-hybridized carbons (Fsp3) is 0.296. The molecule has 2 heterocycles. The quantitative estimate of drug-likeness (QED) is 0.334. The van der Waals surface area contributed by atoms with Crippen molar-refractivity contribution >= 4 is 23.3 Å². The standard InChI is InChI=1S/C25H23F3N4O3.C2H6/c1-14-8-15(2)23(29-10-14)30-22-18(9-19(26)20(27)21(22)28)25(34)32-11-17(12-32)24(33)31-35-13-16-6-4-3-5-7-16;1-2/h3-10,17H,11-13H2,1-2H3,(H,29,30)(H,31,33);1-2H3. The van der Waals surface area contributed by atoms with Crippen LogP contribution in [0.1, 0.15) is 40.9 Å². The second-order valence-electron chi connectivity index (χ2n) is 8.36. The third kappa shape index (κ3) is 6.45. The van der Waals surface area contributed by atoms with Crippen LogP contribution in [0.15, 0.2) is 48.7 Å². The van der Waals surface area contributed by atoms with Gasteiger partial charge in [-0.3, -0.25) is 14.4 Å². The molecule has 0 spiro atoms. The Morgan fingerprint density at radius 3 is 2.38 bits per heavy atom. The van der Waals surface area contributed by atoms with Crippen LogP contribution in [0.3, 0.4) is 0 Å². The molecule has 1 saturated heterocycles. The summed E-state index contributed by atoms with van der Waals surface area (Å²) in [7, 11) is 0. The van der Waals surface area contributed by atoms with Crippen LogP contribution in [-0.2, 0) is 16.2 Å². The van der Waals surface area contributed by atoms with Gasteiger partial charge in [-0.15, -0.1) is 0 Å². The number of rotatable bonds is 7. The van der Waals surface area contributed by atoms with E-state index in [1.807, 2.05) is 51.1 Å². The van der Waals surface area contributed by atoms with Gasteiger partial charge in [0.05, 0.1) is 23.8 Å². The van der Waals surface area contributed by atoms with Gasteiger partial charge in [0.25, 0.3) is 5.91 Å². The van der Waals surface area contributed by atoms with E-state index in [1.54, 1.807) is 13.0 Å². The maximum atomic E-state index is 14.7. The number of hydroxylamine groups is 1. The number of nitrogens with one attached hydrogen (secondary N) is 2. The summed E-state index contributed by atoms with van der Waals surface area (Å²) >= 11 is 0. The second kappa shape index (κ2) is 12.4. The molecule has 0 saturated carbocycles. The summed E-state index contributed by atoms with van der Waals surface area (Å²) in [6, 6.07) is 11.6. The van der Waals surface area contributed by atoms with E-state index < -0.39 is 46.4 Å². The molecule has 1 fully saturated rings. The average Bonchev–Trinajstić information content (AvgIpc) is 2.86. The van der Waals surface area contributed by atoms with Crippen molar-refractivity contribution in [2.45, 2.75) is 34.3 Å². The van der Waals surface area contributed by atoms with E-state index in [-0.39, 0.29) is 25.5 Å². The van der Waals surface area contributed by atoms with Gasteiger partial charge < -0.3 is 10.2 Å². The number of likely N-dealkylation sites (tertiary alicyclic amines) is 1. The van der Waals surface area contributed by atoms with Crippen molar-refractivity contribution in [3.05, 3.63) is 88.4 Å². The van der Waals surface area contributed by atoms with E-state index >= 15 is 0 Å². The number of carbonyl (C=O) groups excluding carboxylic acids is 2. The lowest BCUT2D eigenvalue weighted by Gasteiger charge is -2.38. The number of anilines is 2. The summed E-state index contributed by atoms with van der Waals surface area (Å²) in [5, 5.41) is 2.63. The number of pyridine rings is 1. The van der Waals surface area contributed by atoms with Gasteiger partial charge in [0, 0.05) is 19.3 Å². The van der Waals surface area contributed by atoms with Crippen molar-refractivity contribution in [1.82, 2.24) is 15.4 Å². The lowest BCUT2D eigenvalue weighted by atomic mass is 9.97.